The number of hydrogen-bond donors (Lipinski definition) is 4. The lowest BCUT2D eigenvalue weighted by atomic mass is 9.93. The Morgan fingerprint density at radius 3 is 2.19 bits per heavy atom. The van der Waals surface area contributed by atoms with Gasteiger partial charge in [0.05, 0.1) is 19.3 Å². The molecule has 1 aliphatic rings. The predicted octanol–water partition coefficient (Wildman–Crippen LogP) is 0.690. The molecule has 11 heteroatoms. The third-order valence-electron chi connectivity index (χ3n) is 6.02. The molecule has 1 aliphatic heterocycles. The van der Waals surface area contributed by atoms with Gasteiger partial charge in [0.15, 0.2) is 11.5 Å². The summed E-state index contributed by atoms with van der Waals surface area (Å²) in [6.07, 6.45) is 0.533. The molecule has 0 bridgehead atoms. The summed E-state index contributed by atoms with van der Waals surface area (Å²) in [7, 11) is 0. The molecule has 2 aromatic rings. The van der Waals surface area contributed by atoms with Gasteiger partial charge >= 0.3 is 0 Å². The molecule has 4 atom stereocenters. The maximum absolute atomic E-state index is 13.4. The summed E-state index contributed by atoms with van der Waals surface area (Å²) in [6.45, 7) is 6.76. The summed E-state index contributed by atoms with van der Waals surface area (Å²) in [5, 5.41) is 21.2. The molecule has 0 aliphatic carbocycles. The lowest BCUT2D eigenvalue weighted by Crippen LogP contribution is -2.58. The molecule has 0 radical (unpaired) electrons. The molecule has 0 saturated carbocycles. The molecule has 3 rings (SSSR count). The van der Waals surface area contributed by atoms with E-state index in [-0.39, 0.29) is 23.8 Å². The maximum Gasteiger partial charge on any atom is 0.274 e. The van der Waals surface area contributed by atoms with E-state index >= 15 is 0 Å². The number of aryl methyl sites for hydroxylation is 1. The fraction of sp³-hybridized carbons (Fsp3) is 0.500. The highest BCUT2D eigenvalue weighted by Crippen LogP contribution is 2.29. The van der Waals surface area contributed by atoms with Crippen LogP contribution >= 0.6 is 0 Å². The number of nitrogens with one attached hydrogen (secondary N) is 3. The fourth-order valence-electron chi connectivity index (χ4n) is 3.83. The maximum atomic E-state index is 13.4. The highest BCUT2D eigenvalue weighted by atomic mass is 16.6. The second kappa shape index (κ2) is 12.1. The van der Waals surface area contributed by atoms with Crippen molar-refractivity contribution in [3.05, 3.63) is 53.4 Å². The molecule has 1 aromatic carbocycles. The zero-order valence-corrected chi connectivity index (χ0v) is 21.4. The summed E-state index contributed by atoms with van der Waals surface area (Å²) in [5.74, 6) is -1.73. The molecule has 3 unspecified atom stereocenters. The number of aliphatic hydroxyl groups excluding tert-OH is 1. The average Bonchev–Trinajstić information content (AvgIpc) is 3.46. The van der Waals surface area contributed by atoms with Gasteiger partial charge in [-0.25, -0.2) is 0 Å². The Kier molecular flexibility index (Phi) is 9.17. The molecular formula is C26H34N4O7. The van der Waals surface area contributed by atoms with Crippen LogP contribution in [0, 0.1) is 12.8 Å². The van der Waals surface area contributed by atoms with Crippen molar-refractivity contribution < 1.29 is 33.5 Å². The van der Waals surface area contributed by atoms with Gasteiger partial charge in [0.2, 0.25) is 11.8 Å². The molecule has 11 nitrogen and oxygen atoms in total. The van der Waals surface area contributed by atoms with E-state index in [1.54, 1.807) is 38.1 Å². The highest BCUT2D eigenvalue weighted by Gasteiger charge is 2.50. The van der Waals surface area contributed by atoms with Gasteiger partial charge in [-0.1, -0.05) is 49.3 Å². The first-order chi connectivity index (χ1) is 17.5. The number of nitrogens with zero attached hydrogens (tertiary/aromatic N) is 1. The second-order valence-electron chi connectivity index (χ2n) is 9.86. The smallest absolute Gasteiger partial charge is 0.274 e. The molecule has 2 heterocycles. The molecule has 1 fully saturated rings. The van der Waals surface area contributed by atoms with E-state index in [4.69, 9.17) is 9.26 Å². The Hall–Kier alpha value is -3.57. The number of aliphatic hydroxyl groups is 1. The number of hydrogen-bond acceptors (Lipinski definition) is 8. The number of benzene rings is 1. The number of Topliss-reactive ketones (excluding diaryl/α,β-unsaturated/α-hetero) is 1. The first-order valence-electron chi connectivity index (χ1n) is 12.2. The Balaban J connectivity index is 1.75. The van der Waals surface area contributed by atoms with Crippen molar-refractivity contribution in [1.29, 1.82) is 0 Å². The third kappa shape index (κ3) is 7.70. The normalized spacial score (nSPS) is 19.0. The third-order valence-corrected chi connectivity index (χ3v) is 6.02. The Morgan fingerprint density at radius 1 is 1.03 bits per heavy atom. The van der Waals surface area contributed by atoms with Crippen LogP contribution in [-0.4, -0.2) is 70.7 Å². The summed E-state index contributed by atoms with van der Waals surface area (Å²) in [4.78, 5) is 51.8. The Bertz CT molecular complexity index is 1110. The van der Waals surface area contributed by atoms with Gasteiger partial charge in [0.1, 0.15) is 23.4 Å². The van der Waals surface area contributed by atoms with E-state index in [0.29, 0.717) is 18.8 Å². The van der Waals surface area contributed by atoms with Gasteiger partial charge in [-0.2, -0.15) is 0 Å². The summed E-state index contributed by atoms with van der Waals surface area (Å²) < 4.78 is 10.2. The molecule has 200 valence electrons. The summed E-state index contributed by atoms with van der Waals surface area (Å²) in [5.41, 5.74) is -0.195. The van der Waals surface area contributed by atoms with E-state index in [2.05, 4.69) is 21.1 Å². The van der Waals surface area contributed by atoms with Crippen molar-refractivity contribution >= 4 is 23.5 Å². The standard InChI is InChI=1S/C26H34N4O7/c1-15(2)10-18(22(32)26(4)14-36-26)27-23(33)19(12-17-8-6-5-7-9-17)28-25(35)21(13-31)29-24(34)20-11-16(3)37-30-20/h5-9,11,15,18-19,21,31H,10,12-14H2,1-4H3,(H,27,33)(H,28,35)(H,29,34)/t18?,19-,21?,26?/m0/s1. The van der Waals surface area contributed by atoms with E-state index < -0.39 is 48.1 Å². The molecule has 0 spiro atoms. The Labute approximate surface area is 215 Å². The van der Waals surface area contributed by atoms with Crippen LogP contribution in [0.25, 0.3) is 0 Å². The van der Waals surface area contributed by atoms with Crippen molar-refractivity contribution in [3.8, 4) is 0 Å². The van der Waals surface area contributed by atoms with Crippen molar-refractivity contribution in [2.45, 2.75) is 64.3 Å². The zero-order valence-electron chi connectivity index (χ0n) is 21.4. The molecular weight excluding hydrogens is 480 g/mol. The van der Waals surface area contributed by atoms with Gasteiger partial charge < -0.3 is 30.3 Å². The SMILES string of the molecule is Cc1cc(C(=O)NC(CO)C(=O)N[C@@H](Cc2ccccc2)C(=O)NC(CC(C)C)C(=O)C2(C)CO2)no1. The minimum Gasteiger partial charge on any atom is -0.394 e. The van der Waals surface area contributed by atoms with E-state index in [9.17, 15) is 24.3 Å². The van der Waals surface area contributed by atoms with Crippen molar-refractivity contribution in [2.24, 2.45) is 5.92 Å². The second-order valence-corrected chi connectivity index (χ2v) is 9.86. The summed E-state index contributed by atoms with van der Waals surface area (Å²) >= 11 is 0. The van der Waals surface area contributed by atoms with E-state index in [0.717, 1.165) is 5.56 Å². The van der Waals surface area contributed by atoms with Gasteiger partial charge in [-0.3, -0.25) is 19.2 Å². The number of ether oxygens (including phenoxy) is 1. The number of rotatable bonds is 13. The van der Waals surface area contributed by atoms with Gasteiger partial charge in [0.25, 0.3) is 5.91 Å². The molecule has 3 amide bonds. The number of aromatic nitrogens is 1. The van der Waals surface area contributed by atoms with Gasteiger partial charge in [-0.05, 0) is 31.7 Å². The monoisotopic (exact) mass is 514 g/mol. The van der Waals surface area contributed by atoms with E-state index in [1.807, 2.05) is 19.9 Å². The molecule has 37 heavy (non-hydrogen) atoms. The first kappa shape index (κ1) is 28.0. The number of carbonyl (C=O) groups is 4. The van der Waals surface area contributed by atoms with Gasteiger partial charge in [0, 0.05) is 12.5 Å². The molecule has 1 aromatic heterocycles. The zero-order chi connectivity index (χ0) is 27.2. The van der Waals surface area contributed by atoms with Crippen LogP contribution in [0.4, 0.5) is 0 Å². The number of ketones is 1. The highest BCUT2D eigenvalue weighted by molar-refractivity contribution is 5.99. The van der Waals surface area contributed by atoms with Crippen LogP contribution in [0.2, 0.25) is 0 Å². The van der Waals surface area contributed by atoms with Gasteiger partial charge in [-0.15, -0.1) is 0 Å². The van der Waals surface area contributed by atoms with Crippen LogP contribution < -0.4 is 16.0 Å². The van der Waals surface area contributed by atoms with Crippen molar-refractivity contribution in [1.82, 2.24) is 21.1 Å². The van der Waals surface area contributed by atoms with Crippen LogP contribution in [-0.2, 0) is 25.5 Å². The number of carbonyl (C=O) groups excluding carboxylic acids is 4. The van der Waals surface area contributed by atoms with Crippen molar-refractivity contribution in [2.75, 3.05) is 13.2 Å². The van der Waals surface area contributed by atoms with E-state index in [1.165, 1.54) is 6.07 Å². The minimum atomic E-state index is -1.34. The minimum absolute atomic E-state index is 0.0480. The van der Waals surface area contributed by atoms with Crippen molar-refractivity contribution in [3.63, 3.8) is 0 Å². The van der Waals surface area contributed by atoms with Crippen LogP contribution in [0.15, 0.2) is 40.9 Å². The fourth-order valence-corrected chi connectivity index (χ4v) is 3.83. The number of epoxide rings is 1. The Morgan fingerprint density at radius 2 is 1.65 bits per heavy atom. The lowest BCUT2D eigenvalue weighted by molar-refractivity contribution is -0.133. The molecule has 1 saturated heterocycles. The molecule has 4 N–H and O–H groups in total. The lowest BCUT2D eigenvalue weighted by Gasteiger charge is -2.26. The average molecular weight is 515 g/mol. The first-order valence-corrected chi connectivity index (χ1v) is 12.2. The number of amides is 3. The van der Waals surface area contributed by atoms with Crippen LogP contribution in [0.1, 0.15) is 49.0 Å². The topological polar surface area (TPSA) is 163 Å². The van der Waals surface area contributed by atoms with Crippen LogP contribution in [0.5, 0.6) is 0 Å². The quantitative estimate of drug-likeness (QED) is 0.284. The largest absolute Gasteiger partial charge is 0.394 e. The predicted molar refractivity (Wildman–Crippen MR) is 132 cm³/mol. The summed E-state index contributed by atoms with van der Waals surface area (Å²) in [6, 6.07) is 7.22. The van der Waals surface area contributed by atoms with Crippen LogP contribution in [0.3, 0.4) is 0 Å².